The van der Waals surface area contributed by atoms with E-state index in [1.165, 1.54) is 11.6 Å². The zero-order chi connectivity index (χ0) is 16.9. The Hall–Kier alpha value is -1.78. The molecule has 2 aromatic rings. The number of hydrogen-bond acceptors (Lipinski definition) is 2. The third-order valence-corrected chi connectivity index (χ3v) is 4.84. The average molecular weight is 331 g/mol. The lowest BCUT2D eigenvalue weighted by Gasteiger charge is -2.27. The van der Waals surface area contributed by atoms with Gasteiger partial charge in [-0.05, 0) is 55.5 Å². The molecule has 0 aromatic heterocycles. The fraction of sp³-hybridized carbons (Fsp3) is 0.400. The van der Waals surface area contributed by atoms with Crippen LogP contribution < -0.4 is 0 Å². The van der Waals surface area contributed by atoms with Gasteiger partial charge in [0, 0.05) is 12.6 Å². The molecule has 3 rings (SSSR count). The van der Waals surface area contributed by atoms with Gasteiger partial charge < -0.3 is 5.11 Å². The van der Waals surface area contributed by atoms with Crippen LogP contribution in [0, 0.1) is 11.6 Å². The highest BCUT2D eigenvalue weighted by molar-refractivity contribution is 5.20. The van der Waals surface area contributed by atoms with Gasteiger partial charge in [-0.3, -0.25) is 4.90 Å². The Morgan fingerprint density at radius 2 is 1.88 bits per heavy atom. The third kappa shape index (κ3) is 4.19. The topological polar surface area (TPSA) is 23.5 Å². The van der Waals surface area contributed by atoms with Gasteiger partial charge in [-0.15, -0.1) is 0 Å². The summed E-state index contributed by atoms with van der Waals surface area (Å²) in [6.07, 6.45) is 3.51. The van der Waals surface area contributed by atoms with Gasteiger partial charge in [-0.25, -0.2) is 8.78 Å². The number of aliphatic hydroxyl groups excluding tert-OH is 1. The highest BCUT2D eigenvalue weighted by atomic mass is 19.2. The van der Waals surface area contributed by atoms with Crippen molar-refractivity contribution in [1.82, 2.24) is 4.90 Å². The molecule has 0 radical (unpaired) electrons. The molecule has 0 amide bonds. The molecule has 0 spiro atoms. The highest BCUT2D eigenvalue weighted by Gasteiger charge is 2.26. The molecule has 0 unspecified atom stereocenters. The van der Waals surface area contributed by atoms with Gasteiger partial charge in [0.1, 0.15) is 0 Å². The molecule has 0 bridgehead atoms. The van der Waals surface area contributed by atoms with Crippen molar-refractivity contribution in [1.29, 1.82) is 0 Å². The van der Waals surface area contributed by atoms with Crippen LogP contribution in [0.1, 0.15) is 36.5 Å². The molecule has 1 heterocycles. The van der Waals surface area contributed by atoms with Crippen LogP contribution in [0.2, 0.25) is 0 Å². The van der Waals surface area contributed by atoms with Gasteiger partial charge in [-0.1, -0.05) is 36.4 Å². The second kappa shape index (κ2) is 7.86. The highest BCUT2D eigenvalue weighted by Crippen LogP contribution is 2.25. The summed E-state index contributed by atoms with van der Waals surface area (Å²) in [7, 11) is 0. The molecule has 1 aliphatic rings. The minimum absolute atomic E-state index is 0.433. The van der Waals surface area contributed by atoms with Crippen LogP contribution in [0.4, 0.5) is 8.78 Å². The number of likely N-dealkylation sites (tertiary alicyclic amines) is 1. The Kier molecular flexibility index (Phi) is 5.59. The molecule has 1 fully saturated rings. The first-order valence-electron chi connectivity index (χ1n) is 8.54. The molecule has 1 saturated heterocycles. The fourth-order valence-electron chi connectivity index (χ4n) is 3.49. The van der Waals surface area contributed by atoms with E-state index in [9.17, 15) is 13.9 Å². The lowest BCUT2D eigenvalue weighted by molar-refractivity contribution is 0.103. The second-order valence-electron chi connectivity index (χ2n) is 6.50. The molecule has 0 saturated carbocycles. The Morgan fingerprint density at radius 1 is 1.08 bits per heavy atom. The summed E-state index contributed by atoms with van der Waals surface area (Å²) in [6, 6.07) is 14.4. The maximum Gasteiger partial charge on any atom is 0.159 e. The first-order chi connectivity index (χ1) is 11.6. The Bertz CT molecular complexity index is 662. The van der Waals surface area contributed by atoms with Crippen LogP contribution in [0.5, 0.6) is 0 Å². The molecular weight excluding hydrogens is 308 g/mol. The van der Waals surface area contributed by atoms with Crippen LogP contribution in [-0.4, -0.2) is 29.1 Å². The van der Waals surface area contributed by atoms with Crippen LogP contribution in [0.3, 0.4) is 0 Å². The number of aliphatic hydroxyl groups is 1. The van der Waals surface area contributed by atoms with E-state index < -0.39 is 17.7 Å². The van der Waals surface area contributed by atoms with Crippen molar-refractivity contribution in [3.63, 3.8) is 0 Å². The number of aryl methyl sites for hydroxylation is 1. The van der Waals surface area contributed by atoms with E-state index in [0.29, 0.717) is 18.2 Å². The van der Waals surface area contributed by atoms with Gasteiger partial charge in [0.25, 0.3) is 0 Å². The quantitative estimate of drug-likeness (QED) is 0.861. The summed E-state index contributed by atoms with van der Waals surface area (Å²) in [5.74, 6) is -1.79. The third-order valence-electron chi connectivity index (χ3n) is 4.84. The summed E-state index contributed by atoms with van der Waals surface area (Å²) in [4.78, 5) is 2.27. The molecule has 1 N–H and O–H groups in total. The lowest BCUT2D eigenvalue weighted by atomic mass is 10.0. The van der Waals surface area contributed by atoms with Crippen molar-refractivity contribution >= 4 is 0 Å². The van der Waals surface area contributed by atoms with Crippen molar-refractivity contribution in [2.45, 2.75) is 37.8 Å². The molecule has 128 valence electrons. The number of β-amino-alcohol motifs (C(OH)–C–C–N with tert-alkyl or cyclic N) is 1. The maximum atomic E-state index is 13.3. The summed E-state index contributed by atoms with van der Waals surface area (Å²) >= 11 is 0. The molecule has 0 aliphatic carbocycles. The number of halogens is 2. The van der Waals surface area contributed by atoms with E-state index in [1.54, 1.807) is 0 Å². The van der Waals surface area contributed by atoms with Crippen molar-refractivity contribution < 1.29 is 13.9 Å². The minimum atomic E-state index is -0.909. The van der Waals surface area contributed by atoms with Crippen molar-refractivity contribution in [3.05, 3.63) is 71.3 Å². The predicted molar refractivity (Wildman–Crippen MR) is 90.7 cm³/mol. The Morgan fingerprint density at radius 3 is 2.62 bits per heavy atom. The van der Waals surface area contributed by atoms with E-state index in [-0.39, 0.29) is 0 Å². The number of benzene rings is 2. The molecule has 1 aliphatic heterocycles. The fourth-order valence-corrected chi connectivity index (χ4v) is 3.49. The average Bonchev–Trinajstić information content (AvgIpc) is 3.03. The molecule has 2 atom stereocenters. The van der Waals surface area contributed by atoms with Crippen molar-refractivity contribution in [3.8, 4) is 0 Å². The zero-order valence-electron chi connectivity index (χ0n) is 13.7. The van der Waals surface area contributed by atoms with Crippen LogP contribution in [0.25, 0.3) is 0 Å². The molecule has 4 heteroatoms. The molecule has 2 aromatic carbocycles. The van der Waals surface area contributed by atoms with E-state index in [2.05, 4.69) is 29.2 Å². The summed E-state index contributed by atoms with van der Waals surface area (Å²) in [5, 5.41) is 10.4. The van der Waals surface area contributed by atoms with E-state index in [4.69, 9.17) is 0 Å². The Labute approximate surface area is 141 Å². The van der Waals surface area contributed by atoms with Gasteiger partial charge in [0.2, 0.25) is 0 Å². The molecule has 24 heavy (non-hydrogen) atoms. The first-order valence-corrected chi connectivity index (χ1v) is 8.54. The molecular formula is C20H23F2NO. The summed E-state index contributed by atoms with van der Waals surface area (Å²) in [5.41, 5.74) is 1.76. The van der Waals surface area contributed by atoms with Crippen LogP contribution in [0.15, 0.2) is 48.5 Å². The summed E-state index contributed by atoms with van der Waals surface area (Å²) in [6.45, 7) is 1.41. The second-order valence-corrected chi connectivity index (χ2v) is 6.50. The standard InChI is InChI=1S/C20H23F2NO/c21-18-11-9-16(13-19(18)22)20(24)14-23-12-4-7-17(23)10-8-15-5-2-1-3-6-15/h1-3,5-6,9,11,13,17,20,24H,4,7-8,10,12,14H2/t17-,20-/m0/s1. The van der Waals surface area contributed by atoms with Crippen molar-refractivity contribution in [2.24, 2.45) is 0 Å². The summed E-state index contributed by atoms with van der Waals surface area (Å²) < 4.78 is 26.4. The number of hydrogen-bond donors (Lipinski definition) is 1. The van der Waals surface area contributed by atoms with Crippen molar-refractivity contribution in [2.75, 3.05) is 13.1 Å². The zero-order valence-corrected chi connectivity index (χ0v) is 13.7. The maximum absolute atomic E-state index is 13.3. The van der Waals surface area contributed by atoms with E-state index in [1.807, 2.05) is 6.07 Å². The van der Waals surface area contributed by atoms with Gasteiger partial charge in [-0.2, -0.15) is 0 Å². The first kappa shape index (κ1) is 17.1. The largest absolute Gasteiger partial charge is 0.387 e. The van der Waals surface area contributed by atoms with E-state index in [0.717, 1.165) is 44.4 Å². The van der Waals surface area contributed by atoms with Gasteiger partial charge >= 0.3 is 0 Å². The number of rotatable bonds is 6. The van der Waals surface area contributed by atoms with Gasteiger partial charge in [0.05, 0.1) is 6.10 Å². The normalized spacial score (nSPS) is 19.5. The minimum Gasteiger partial charge on any atom is -0.387 e. The Balaban J connectivity index is 1.57. The SMILES string of the molecule is O[C@@H](CN1CCC[C@H]1CCc1ccccc1)c1ccc(F)c(F)c1. The van der Waals surface area contributed by atoms with E-state index >= 15 is 0 Å². The number of nitrogens with zero attached hydrogens (tertiary/aromatic N) is 1. The van der Waals surface area contributed by atoms with Gasteiger partial charge in [0.15, 0.2) is 11.6 Å². The smallest absolute Gasteiger partial charge is 0.159 e. The lowest BCUT2D eigenvalue weighted by Crippen LogP contribution is -2.33. The predicted octanol–water partition coefficient (Wildman–Crippen LogP) is 4.10. The van der Waals surface area contributed by atoms with Crippen LogP contribution >= 0.6 is 0 Å². The molecule has 2 nitrogen and oxygen atoms in total. The monoisotopic (exact) mass is 331 g/mol. The van der Waals surface area contributed by atoms with Crippen LogP contribution in [-0.2, 0) is 6.42 Å².